The molecule has 0 aliphatic carbocycles. The van der Waals surface area contributed by atoms with Crippen LogP contribution in [0.3, 0.4) is 0 Å². The lowest BCUT2D eigenvalue weighted by molar-refractivity contribution is 0.146. The van der Waals surface area contributed by atoms with Gasteiger partial charge in [0, 0.05) is 61.4 Å². The van der Waals surface area contributed by atoms with Crippen LogP contribution in [0.15, 0.2) is 24.3 Å². The molecule has 3 nitrogen and oxygen atoms in total. The summed E-state index contributed by atoms with van der Waals surface area (Å²) in [5.74, 6) is 0. The van der Waals surface area contributed by atoms with Gasteiger partial charge in [-0.25, -0.2) is 0 Å². The number of piperazine rings is 1. The molecule has 0 amide bonds. The van der Waals surface area contributed by atoms with E-state index in [1.54, 1.807) is 0 Å². The Hall–Kier alpha value is -1.03. The molecular weight excluding hydrogens is 258 g/mol. The minimum absolute atomic E-state index is 0.809. The molecule has 102 valence electrons. The molecule has 0 radical (unpaired) electrons. The Morgan fingerprint density at radius 1 is 1.05 bits per heavy atom. The van der Waals surface area contributed by atoms with Crippen molar-refractivity contribution in [2.24, 2.45) is 7.05 Å². The van der Waals surface area contributed by atoms with Crippen molar-refractivity contribution in [2.45, 2.75) is 6.54 Å². The van der Waals surface area contributed by atoms with Crippen LogP contribution in [-0.2, 0) is 13.6 Å². The second-order valence-electron chi connectivity index (χ2n) is 5.48. The first kappa shape index (κ1) is 13.0. The van der Waals surface area contributed by atoms with E-state index < -0.39 is 0 Å². The topological polar surface area (TPSA) is 11.4 Å². The van der Waals surface area contributed by atoms with Gasteiger partial charge in [0.2, 0.25) is 0 Å². The minimum atomic E-state index is 0.809. The third-order valence-corrected chi connectivity index (χ3v) is 4.32. The summed E-state index contributed by atoms with van der Waals surface area (Å²) < 4.78 is 2.28. The number of rotatable bonds is 2. The van der Waals surface area contributed by atoms with Gasteiger partial charge in [-0.05, 0) is 31.3 Å². The molecule has 0 bridgehead atoms. The molecule has 0 N–H and O–H groups in total. The standard InChI is InChI=1S/C15H20ClN3/c1-17-5-7-19(8-6-17)11-14-10-12-9-13(16)3-4-15(12)18(14)2/h3-4,9-10H,5-8,11H2,1-2H3. The van der Waals surface area contributed by atoms with Gasteiger partial charge in [0.25, 0.3) is 0 Å². The second kappa shape index (κ2) is 5.16. The first-order valence-corrected chi connectivity index (χ1v) is 7.16. The molecule has 2 aromatic rings. The maximum absolute atomic E-state index is 6.06. The molecule has 0 unspecified atom stereocenters. The molecule has 1 fully saturated rings. The Bertz CT molecular complexity index is 582. The fourth-order valence-electron chi connectivity index (χ4n) is 2.76. The molecule has 1 saturated heterocycles. The molecule has 0 spiro atoms. The molecule has 2 heterocycles. The predicted octanol–water partition coefficient (Wildman–Crippen LogP) is 2.58. The van der Waals surface area contributed by atoms with Crippen molar-refractivity contribution in [1.29, 1.82) is 0 Å². The lowest BCUT2D eigenvalue weighted by atomic mass is 10.2. The van der Waals surface area contributed by atoms with Crippen LogP contribution in [-0.4, -0.2) is 47.6 Å². The van der Waals surface area contributed by atoms with Crippen LogP contribution in [0.4, 0.5) is 0 Å². The van der Waals surface area contributed by atoms with Crippen molar-refractivity contribution in [1.82, 2.24) is 14.4 Å². The van der Waals surface area contributed by atoms with E-state index in [-0.39, 0.29) is 0 Å². The van der Waals surface area contributed by atoms with Crippen LogP contribution in [0.5, 0.6) is 0 Å². The van der Waals surface area contributed by atoms with Gasteiger partial charge in [0.05, 0.1) is 0 Å². The number of fused-ring (bicyclic) bond motifs is 1. The Balaban J connectivity index is 1.83. The number of aryl methyl sites for hydroxylation is 1. The van der Waals surface area contributed by atoms with E-state index >= 15 is 0 Å². The van der Waals surface area contributed by atoms with Crippen molar-refractivity contribution in [3.05, 3.63) is 35.0 Å². The number of nitrogens with zero attached hydrogens (tertiary/aromatic N) is 3. The highest BCUT2D eigenvalue weighted by molar-refractivity contribution is 6.31. The molecule has 1 aliphatic rings. The Kier molecular flexibility index (Phi) is 3.52. The normalized spacial score (nSPS) is 18.3. The van der Waals surface area contributed by atoms with Gasteiger partial charge in [-0.3, -0.25) is 4.90 Å². The summed E-state index contributed by atoms with van der Waals surface area (Å²) in [5.41, 5.74) is 2.62. The molecule has 3 rings (SSSR count). The van der Waals surface area contributed by atoms with Gasteiger partial charge in [0.1, 0.15) is 0 Å². The molecule has 1 aromatic heterocycles. The van der Waals surface area contributed by atoms with E-state index in [9.17, 15) is 0 Å². The average molecular weight is 278 g/mol. The first-order valence-electron chi connectivity index (χ1n) is 6.78. The Morgan fingerprint density at radius 2 is 1.79 bits per heavy atom. The van der Waals surface area contributed by atoms with Crippen molar-refractivity contribution < 1.29 is 0 Å². The largest absolute Gasteiger partial charge is 0.346 e. The zero-order valence-corrected chi connectivity index (χ0v) is 12.3. The van der Waals surface area contributed by atoms with Crippen LogP contribution < -0.4 is 0 Å². The number of aromatic nitrogens is 1. The van der Waals surface area contributed by atoms with E-state index in [0.29, 0.717) is 0 Å². The summed E-state index contributed by atoms with van der Waals surface area (Å²) in [5, 5.41) is 2.04. The molecule has 0 saturated carbocycles. The van der Waals surface area contributed by atoms with Crippen LogP contribution in [0.2, 0.25) is 5.02 Å². The SMILES string of the molecule is CN1CCN(Cc2cc3cc(Cl)ccc3n2C)CC1. The molecular formula is C15H20ClN3. The highest BCUT2D eigenvalue weighted by atomic mass is 35.5. The zero-order valence-electron chi connectivity index (χ0n) is 11.6. The lowest BCUT2D eigenvalue weighted by Crippen LogP contribution is -2.44. The number of halogens is 1. The summed E-state index contributed by atoms with van der Waals surface area (Å²) >= 11 is 6.06. The molecule has 1 aromatic carbocycles. The molecule has 4 heteroatoms. The summed E-state index contributed by atoms with van der Waals surface area (Å²) in [4.78, 5) is 4.91. The van der Waals surface area contributed by atoms with E-state index in [1.165, 1.54) is 16.6 Å². The van der Waals surface area contributed by atoms with E-state index in [1.807, 2.05) is 12.1 Å². The quantitative estimate of drug-likeness (QED) is 0.836. The maximum Gasteiger partial charge on any atom is 0.0481 e. The second-order valence-corrected chi connectivity index (χ2v) is 5.91. The van der Waals surface area contributed by atoms with Crippen LogP contribution >= 0.6 is 11.6 Å². The van der Waals surface area contributed by atoms with E-state index in [0.717, 1.165) is 37.7 Å². The average Bonchev–Trinajstić information content (AvgIpc) is 2.68. The van der Waals surface area contributed by atoms with Gasteiger partial charge >= 0.3 is 0 Å². The molecule has 19 heavy (non-hydrogen) atoms. The third kappa shape index (κ3) is 2.64. The van der Waals surface area contributed by atoms with Crippen LogP contribution in [0.1, 0.15) is 5.69 Å². The Labute approximate surface area is 119 Å². The van der Waals surface area contributed by atoms with E-state index in [4.69, 9.17) is 11.6 Å². The predicted molar refractivity (Wildman–Crippen MR) is 80.7 cm³/mol. The zero-order chi connectivity index (χ0) is 13.4. The van der Waals surface area contributed by atoms with Crippen LogP contribution in [0.25, 0.3) is 10.9 Å². The highest BCUT2D eigenvalue weighted by Crippen LogP contribution is 2.23. The van der Waals surface area contributed by atoms with Crippen molar-refractivity contribution in [3.8, 4) is 0 Å². The molecule has 0 atom stereocenters. The van der Waals surface area contributed by atoms with Gasteiger partial charge < -0.3 is 9.47 Å². The minimum Gasteiger partial charge on any atom is -0.346 e. The van der Waals surface area contributed by atoms with Gasteiger partial charge in [-0.15, -0.1) is 0 Å². The van der Waals surface area contributed by atoms with Crippen molar-refractivity contribution in [3.63, 3.8) is 0 Å². The van der Waals surface area contributed by atoms with Gasteiger partial charge in [-0.1, -0.05) is 11.6 Å². The summed E-state index contributed by atoms with van der Waals surface area (Å²) in [7, 11) is 4.33. The first-order chi connectivity index (χ1) is 9.13. The highest BCUT2D eigenvalue weighted by Gasteiger charge is 2.16. The Morgan fingerprint density at radius 3 is 2.53 bits per heavy atom. The smallest absolute Gasteiger partial charge is 0.0481 e. The van der Waals surface area contributed by atoms with Gasteiger partial charge in [-0.2, -0.15) is 0 Å². The number of hydrogen-bond acceptors (Lipinski definition) is 2. The monoisotopic (exact) mass is 277 g/mol. The lowest BCUT2D eigenvalue weighted by Gasteiger charge is -2.32. The fourth-order valence-corrected chi connectivity index (χ4v) is 2.94. The number of likely N-dealkylation sites (N-methyl/N-ethyl adjacent to an activating group) is 1. The third-order valence-electron chi connectivity index (χ3n) is 4.09. The summed E-state index contributed by atoms with van der Waals surface area (Å²) in [6, 6.07) is 8.37. The number of benzene rings is 1. The van der Waals surface area contributed by atoms with Crippen molar-refractivity contribution in [2.75, 3.05) is 33.2 Å². The molecule has 1 aliphatic heterocycles. The fraction of sp³-hybridized carbons (Fsp3) is 0.467. The maximum atomic E-state index is 6.06. The number of hydrogen-bond donors (Lipinski definition) is 0. The summed E-state index contributed by atoms with van der Waals surface area (Å²) in [6.45, 7) is 5.65. The van der Waals surface area contributed by atoms with Crippen molar-refractivity contribution >= 4 is 22.5 Å². The van der Waals surface area contributed by atoms with Gasteiger partial charge in [0.15, 0.2) is 0 Å². The van der Waals surface area contributed by atoms with E-state index in [2.05, 4.69) is 40.6 Å². The van der Waals surface area contributed by atoms with Crippen LogP contribution in [0, 0.1) is 0 Å². The summed E-state index contributed by atoms with van der Waals surface area (Å²) in [6.07, 6.45) is 0.